The summed E-state index contributed by atoms with van der Waals surface area (Å²) in [5, 5.41) is 5.56. The van der Waals surface area contributed by atoms with Crippen LogP contribution in [0.15, 0.2) is 29.3 Å². The lowest BCUT2D eigenvalue weighted by molar-refractivity contribution is -0.141. The number of aromatic nitrogens is 3. The van der Waals surface area contributed by atoms with Gasteiger partial charge in [0, 0.05) is 0 Å². The van der Waals surface area contributed by atoms with Gasteiger partial charge in [-0.3, -0.25) is 5.10 Å². The van der Waals surface area contributed by atoms with Crippen molar-refractivity contribution in [2.24, 2.45) is 0 Å². The van der Waals surface area contributed by atoms with E-state index in [1.807, 2.05) is 5.10 Å². The molecule has 0 aliphatic carbocycles. The van der Waals surface area contributed by atoms with Crippen molar-refractivity contribution in [3.8, 4) is 11.4 Å². The smallest absolute Gasteiger partial charge is 0.273 e. The zero-order valence-corrected chi connectivity index (χ0v) is 10.5. The van der Waals surface area contributed by atoms with E-state index in [-0.39, 0.29) is 5.69 Å². The third kappa shape index (κ3) is 2.79. The molecule has 2 aromatic rings. The summed E-state index contributed by atoms with van der Waals surface area (Å²) in [4.78, 5) is 5.78. The number of hydrogen-bond donors (Lipinski definition) is 1. The molecule has 18 heavy (non-hydrogen) atoms. The van der Waals surface area contributed by atoms with E-state index in [1.165, 1.54) is 0 Å². The van der Waals surface area contributed by atoms with Gasteiger partial charge in [-0.1, -0.05) is 22.0 Å². The summed E-state index contributed by atoms with van der Waals surface area (Å²) in [5.74, 6) is 0. The van der Waals surface area contributed by atoms with Gasteiger partial charge in [0.15, 0.2) is 0 Å². The number of aromatic amines is 1. The highest BCUT2D eigenvalue weighted by atomic mass is 79.9. The fraction of sp³-hybridized carbons (Fsp3) is 0.0909. The number of halogens is 4. The molecule has 0 bridgehead atoms. The second kappa shape index (κ2) is 4.93. The average Bonchev–Trinajstić information content (AvgIpc) is 2.78. The van der Waals surface area contributed by atoms with E-state index in [1.54, 1.807) is 29.3 Å². The van der Waals surface area contributed by atoms with Gasteiger partial charge in [-0.15, -0.1) is 0 Å². The molecule has 0 amide bonds. The number of alkyl halides is 3. The Bertz CT molecular complexity index is 575. The molecule has 7 heteroatoms. The number of nitrogens with one attached hydrogen (secondary N) is 1. The number of rotatable bonds is 2. The Morgan fingerprint density at radius 1 is 1.22 bits per heavy atom. The van der Waals surface area contributed by atoms with Crippen LogP contribution in [0.2, 0.25) is 0 Å². The molecular weight excluding hydrogens is 311 g/mol. The second-order valence-electron chi connectivity index (χ2n) is 3.40. The van der Waals surface area contributed by atoms with Gasteiger partial charge in [0.2, 0.25) is 0 Å². The zero-order chi connectivity index (χ0) is 13.2. The maximum atomic E-state index is 12.4. The first-order valence-electron chi connectivity index (χ1n) is 4.87. The molecule has 0 unspecified atom stereocenters. The number of pyridine rings is 1. The normalized spacial score (nSPS) is 12.2. The molecule has 0 radical (unpaired) electrons. The lowest BCUT2D eigenvalue weighted by atomic mass is 10.2. The lowest BCUT2D eigenvalue weighted by Gasteiger charge is -2.00. The lowest BCUT2D eigenvalue weighted by Crippen LogP contribution is -2.04. The molecule has 2 aromatic heterocycles. The van der Waals surface area contributed by atoms with Crippen molar-refractivity contribution in [2.45, 2.75) is 6.18 Å². The summed E-state index contributed by atoms with van der Waals surface area (Å²) in [6, 6.07) is 5.97. The van der Waals surface area contributed by atoms with Crippen molar-refractivity contribution in [2.75, 3.05) is 0 Å². The monoisotopic (exact) mass is 317 g/mol. The van der Waals surface area contributed by atoms with Crippen molar-refractivity contribution in [3.63, 3.8) is 0 Å². The van der Waals surface area contributed by atoms with Crippen molar-refractivity contribution in [1.29, 1.82) is 0 Å². The van der Waals surface area contributed by atoms with Crippen molar-refractivity contribution in [1.82, 2.24) is 15.2 Å². The third-order valence-electron chi connectivity index (χ3n) is 2.15. The molecule has 2 rings (SSSR count). The molecule has 0 aliphatic heterocycles. The van der Waals surface area contributed by atoms with Gasteiger partial charge in [-0.25, -0.2) is 4.98 Å². The first-order valence-corrected chi connectivity index (χ1v) is 5.79. The number of nitrogens with zero attached hydrogens (tertiary/aromatic N) is 2. The Morgan fingerprint density at radius 2 is 2.00 bits per heavy atom. The minimum absolute atomic E-state index is 0.159. The molecule has 0 spiro atoms. The van der Waals surface area contributed by atoms with Crippen molar-refractivity contribution in [3.05, 3.63) is 40.6 Å². The van der Waals surface area contributed by atoms with Crippen LogP contribution >= 0.6 is 15.9 Å². The van der Waals surface area contributed by atoms with Gasteiger partial charge < -0.3 is 0 Å². The predicted octanol–water partition coefficient (Wildman–Crippen LogP) is 3.86. The molecule has 1 N–H and O–H groups in total. The summed E-state index contributed by atoms with van der Waals surface area (Å²) in [6.07, 6.45) is -2.75. The van der Waals surface area contributed by atoms with Crippen LogP contribution in [-0.4, -0.2) is 15.2 Å². The molecule has 0 fully saturated rings. The Labute approximate surface area is 109 Å². The van der Waals surface area contributed by atoms with Gasteiger partial charge >= 0.3 is 6.18 Å². The summed E-state index contributed by atoms with van der Waals surface area (Å²) < 4.78 is 37.2. The van der Waals surface area contributed by atoms with Crippen LogP contribution in [0.4, 0.5) is 13.2 Å². The molecule has 2 heterocycles. The maximum absolute atomic E-state index is 12.4. The highest BCUT2D eigenvalue weighted by molar-refractivity contribution is 9.11. The Hall–Kier alpha value is -1.63. The molecule has 0 aromatic carbocycles. The number of hydrogen-bond acceptors (Lipinski definition) is 2. The molecule has 3 nitrogen and oxygen atoms in total. The largest absolute Gasteiger partial charge is 0.432 e. The fourth-order valence-electron chi connectivity index (χ4n) is 1.35. The van der Waals surface area contributed by atoms with Gasteiger partial charge in [-0.05, 0) is 29.3 Å². The molecular formula is C11H7BrF3N3. The SMILES string of the molecule is FC(F)(F)c1cc(-c2cccc(/C=C/Br)n2)n[nH]1. The standard InChI is InChI=1S/C11H7BrF3N3/c12-5-4-7-2-1-3-8(16-7)9-6-10(18-17-9)11(13,14)15/h1-6H,(H,17,18)/b5-4+. The van der Waals surface area contributed by atoms with E-state index in [0.29, 0.717) is 11.4 Å². The van der Waals surface area contributed by atoms with E-state index in [2.05, 4.69) is 26.0 Å². The van der Waals surface area contributed by atoms with E-state index in [9.17, 15) is 13.2 Å². The third-order valence-corrected chi connectivity index (χ3v) is 2.41. The highest BCUT2D eigenvalue weighted by Gasteiger charge is 2.33. The minimum atomic E-state index is -4.43. The van der Waals surface area contributed by atoms with E-state index in [0.717, 1.165) is 6.07 Å². The van der Waals surface area contributed by atoms with Crippen LogP contribution in [-0.2, 0) is 6.18 Å². The van der Waals surface area contributed by atoms with Crippen LogP contribution < -0.4 is 0 Å². The van der Waals surface area contributed by atoms with Gasteiger partial charge in [0.1, 0.15) is 11.4 Å². The molecule has 0 saturated heterocycles. The van der Waals surface area contributed by atoms with E-state index < -0.39 is 11.9 Å². The van der Waals surface area contributed by atoms with Gasteiger partial charge in [0.05, 0.1) is 11.4 Å². The Morgan fingerprint density at radius 3 is 2.61 bits per heavy atom. The van der Waals surface area contributed by atoms with Crippen LogP contribution in [0.25, 0.3) is 17.5 Å². The van der Waals surface area contributed by atoms with E-state index >= 15 is 0 Å². The van der Waals surface area contributed by atoms with Gasteiger partial charge in [0.25, 0.3) is 0 Å². The topological polar surface area (TPSA) is 41.6 Å². The zero-order valence-electron chi connectivity index (χ0n) is 8.87. The fourth-order valence-corrected chi connectivity index (χ4v) is 1.62. The highest BCUT2D eigenvalue weighted by Crippen LogP contribution is 2.29. The summed E-state index contributed by atoms with van der Waals surface area (Å²) in [6.45, 7) is 0. The predicted molar refractivity (Wildman–Crippen MR) is 64.8 cm³/mol. The number of H-pyrrole nitrogens is 1. The van der Waals surface area contributed by atoms with Crippen LogP contribution in [0, 0.1) is 0 Å². The minimum Gasteiger partial charge on any atom is -0.273 e. The van der Waals surface area contributed by atoms with Crippen molar-refractivity contribution < 1.29 is 13.2 Å². The molecule has 0 atom stereocenters. The van der Waals surface area contributed by atoms with Crippen molar-refractivity contribution >= 4 is 22.0 Å². The maximum Gasteiger partial charge on any atom is 0.432 e. The molecule has 0 aliphatic rings. The summed E-state index contributed by atoms with van der Waals surface area (Å²) in [7, 11) is 0. The van der Waals surface area contributed by atoms with E-state index in [4.69, 9.17) is 0 Å². The average molecular weight is 318 g/mol. The van der Waals surface area contributed by atoms with Crippen LogP contribution in [0.1, 0.15) is 11.4 Å². The summed E-state index contributed by atoms with van der Waals surface area (Å²) in [5.41, 5.74) is 0.277. The first kappa shape index (κ1) is 12.8. The second-order valence-corrected chi connectivity index (χ2v) is 3.93. The summed E-state index contributed by atoms with van der Waals surface area (Å²) >= 11 is 3.11. The Balaban J connectivity index is 2.37. The quantitative estimate of drug-likeness (QED) is 0.914. The van der Waals surface area contributed by atoms with Crippen LogP contribution in [0.5, 0.6) is 0 Å². The molecule has 94 valence electrons. The molecule has 0 saturated carbocycles. The first-order chi connectivity index (χ1) is 8.50. The van der Waals surface area contributed by atoms with Crippen LogP contribution in [0.3, 0.4) is 0 Å². The van der Waals surface area contributed by atoms with Gasteiger partial charge in [-0.2, -0.15) is 18.3 Å². The Kier molecular flexibility index (Phi) is 3.51.